The van der Waals surface area contributed by atoms with Gasteiger partial charge in [0.05, 0.1) is 0 Å². The van der Waals surface area contributed by atoms with Gasteiger partial charge in [-0.15, -0.1) is 11.8 Å². The number of halogens is 2. The van der Waals surface area contributed by atoms with Gasteiger partial charge in [-0.25, -0.2) is 4.39 Å². The second-order valence-corrected chi connectivity index (χ2v) is 9.12. The number of thioether (sulfide) groups is 1. The zero-order chi connectivity index (χ0) is 22.1. The van der Waals surface area contributed by atoms with Gasteiger partial charge in [0, 0.05) is 35.2 Å². The van der Waals surface area contributed by atoms with Gasteiger partial charge in [0.15, 0.2) is 0 Å². The Morgan fingerprint density at radius 1 is 1.07 bits per heavy atom. The van der Waals surface area contributed by atoms with Crippen LogP contribution in [0.15, 0.2) is 53.4 Å². The van der Waals surface area contributed by atoms with Crippen molar-refractivity contribution >= 4 is 35.2 Å². The van der Waals surface area contributed by atoms with Gasteiger partial charge in [-0.1, -0.05) is 37.6 Å². The fourth-order valence-electron chi connectivity index (χ4n) is 2.75. The molecule has 4 nitrogen and oxygen atoms in total. The molecule has 0 bridgehead atoms. The molecular formula is C23H28ClFN2O2S. The van der Waals surface area contributed by atoms with E-state index in [2.05, 4.69) is 5.32 Å². The van der Waals surface area contributed by atoms with Gasteiger partial charge in [0.25, 0.3) is 0 Å². The normalized spacial score (nSPS) is 11.9. The first-order valence-electron chi connectivity index (χ1n) is 9.96. The molecular weight excluding hydrogens is 423 g/mol. The monoisotopic (exact) mass is 450 g/mol. The van der Waals surface area contributed by atoms with Gasteiger partial charge in [-0.2, -0.15) is 0 Å². The summed E-state index contributed by atoms with van der Waals surface area (Å²) in [5.41, 5.74) is 0.776. The van der Waals surface area contributed by atoms with E-state index in [0.717, 1.165) is 10.5 Å². The Labute approximate surface area is 187 Å². The Morgan fingerprint density at radius 3 is 2.30 bits per heavy atom. The molecule has 1 atom stereocenters. The van der Waals surface area contributed by atoms with E-state index in [-0.39, 0.29) is 30.6 Å². The molecule has 2 rings (SSSR count). The molecule has 2 aromatic carbocycles. The number of nitrogens with zero attached hydrogens (tertiary/aromatic N) is 1. The fourth-order valence-corrected chi connectivity index (χ4v) is 3.72. The number of hydrogen-bond donors (Lipinski definition) is 1. The van der Waals surface area contributed by atoms with E-state index < -0.39 is 6.04 Å². The molecule has 2 amide bonds. The molecule has 1 N–H and O–H groups in total. The Balaban J connectivity index is 2.04. The molecule has 30 heavy (non-hydrogen) atoms. The molecule has 0 aliphatic carbocycles. The minimum atomic E-state index is -0.623. The average Bonchev–Trinajstić information content (AvgIpc) is 2.72. The molecule has 0 fully saturated rings. The predicted octanol–water partition coefficient (Wildman–Crippen LogP) is 5.15. The summed E-state index contributed by atoms with van der Waals surface area (Å²) >= 11 is 7.46. The van der Waals surface area contributed by atoms with Crippen LogP contribution in [0.1, 0.15) is 32.8 Å². The Kier molecular flexibility index (Phi) is 9.66. The van der Waals surface area contributed by atoms with Crippen molar-refractivity contribution in [1.82, 2.24) is 10.2 Å². The van der Waals surface area contributed by atoms with Crippen molar-refractivity contribution in [1.29, 1.82) is 0 Å². The summed E-state index contributed by atoms with van der Waals surface area (Å²) < 4.78 is 13.2. The van der Waals surface area contributed by atoms with Crippen molar-refractivity contribution in [3.63, 3.8) is 0 Å². The molecule has 0 aliphatic heterocycles. The van der Waals surface area contributed by atoms with Crippen LogP contribution in [-0.4, -0.2) is 35.1 Å². The van der Waals surface area contributed by atoms with Gasteiger partial charge in [-0.05, 0) is 54.8 Å². The van der Waals surface area contributed by atoms with Crippen molar-refractivity contribution in [2.45, 2.75) is 44.7 Å². The second kappa shape index (κ2) is 12.0. The van der Waals surface area contributed by atoms with E-state index in [0.29, 0.717) is 23.2 Å². The molecule has 0 heterocycles. The van der Waals surface area contributed by atoms with Crippen LogP contribution in [0.2, 0.25) is 5.02 Å². The van der Waals surface area contributed by atoms with Crippen molar-refractivity contribution in [3.05, 3.63) is 64.9 Å². The van der Waals surface area contributed by atoms with E-state index in [4.69, 9.17) is 11.6 Å². The number of benzene rings is 2. The number of carbonyl (C=O) groups is 2. The smallest absolute Gasteiger partial charge is 0.242 e. The molecule has 0 saturated heterocycles. The zero-order valence-electron chi connectivity index (χ0n) is 17.5. The average molecular weight is 451 g/mol. The minimum Gasteiger partial charge on any atom is -0.354 e. The highest BCUT2D eigenvalue weighted by Gasteiger charge is 2.26. The molecule has 1 unspecified atom stereocenters. The van der Waals surface area contributed by atoms with Gasteiger partial charge in [-0.3, -0.25) is 9.59 Å². The molecule has 0 aromatic heterocycles. The lowest BCUT2D eigenvalue weighted by Crippen LogP contribution is -2.48. The van der Waals surface area contributed by atoms with Crippen molar-refractivity contribution in [2.24, 2.45) is 5.92 Å². The van der Waals surface area contributed by atoms with Crippen molar-refractivity contribution in [2.75, 3.05) is 12.3 Å². The summed E-state index contributed by atoms with van der Waals surface area (Å²) in [5.74, 6) is 0.259. The second-order valence-electron chi connectivity index (χ2n) is 7.52. The topological polar surface area (TPSA) is 49.4 Å². The highest BCUT2D eigenvalue weighted by molar-refractivity contribution is 7.99. The molecule has 7 heteroatoms. The molecule has 0 spiro atoms. The highest BCUT2D eigenvalue weighted by Crippen LogP contribution is 2.22. The maximum Gasteiger partial charge on any atom is 0.242 e. The summed E-state index contributed by atoms with van der Waals surface area (Å²) in [4.78, 5) is 28.2. The van der Waals surface area contributed by atoms with Crippen LogP contribution in [-0.2, 0) is 16.1 Å². The number of amides is 2. The minimum absolute atomic E-state index is 0.118. The summed E-state index contributed by atoms with van der Waals surface area (Å²) in [7, 11) is 0. The lowest BCUT2D eigenvalue weighted by atomic mass is 10.1. The van der Waals surface area contributed by atoms with Crippen LogP contribution in [0.25, 0.3) is 0 Å². The summed E-state index contributed by atoms with van der Waals surface area (Å²) in [5, 5.41) is 3.56. The first kappa shape index (κ1) is 24.2. The number of rotatable bonds is 10. The first-order chi connectivity index (χ1) is 14.3. The number of hydrogen-bond acceptors (Lipinski definition) is 3. The molecule has 2 aromatic rings. The predicted molar refractivity (Wildman–Crippen MR) is 121 cm³/mol. The van der Waals surface area contributed by atoms with Crippen LogP contribution in [0, 0.1) is 11.7 Å². The van der Waals surface area contributed by atoms with Crippen LogP contribution in [0.4, 0.5) is 4.39 Å². The third kappa shape index (κ3) is 8.00. The SMILES string of the molecule is CC(C)CNC(=O)C(C)N(Cc1ccc(F)cc1)C(=O)CCSc1ccc(Cl)cc1. The fraction of sp³-hybridized carbons (Fsp3) is 0.391. The summed E-state index contributed by atoms with van der Waals surface area (Å²) in [6, 6.07) is 12.8. The largest absolute Gasteiger partial charge is 0.354 e. The Bertz CT molecular complexity index is 828. The lowest BCUT2D eigenvalue weighted by molar-refractivity contribution is -0.140. The van der Waals surface area contributed by atoms with Gasteiger partial charge < -0.3 is 10.2 Å². The zero-order valence-corrected chi connectivity index (χ0v) is 19.1. The number of nitrogens with one attached hydrogen (secondary N) is 1. The standard InChI is InChI=1S/C23H28ClFN2O2S/c1-16(2)14-26-23(29)17(3)27(15-18-4-8-20(25)9-5-18)22(28)12-13-30-21-10-6-19(24)7-11-21/h4-11,16-17H,12-15H2,1-3H3,(H,26,29). The molecule has 0 saturated carbocycles. The van der Waals surface area contributed by atoms with Gasteiger partial charge in [0.2, 0.25) is 11.8 Å². The van der Waals surface area contributed by atoms with Crippen LogP contribution in [0.3, 0.4) is 0 Å². The Morgan fingerprint density at radius 2 is 1.70 bits per heavy atom. The highest BCUT2D eigenvalue weighted by atomic mass is 35.5. The maximum atomic E-state index is 13.2. The van der Waals surface area contributed by atoms with E-state index in [1.165, 1.54) is 12.1 Å². The van der Waals surface area contributed by atoms with Crippen molar-refractivity contribution < 1.29 is 14.0 Å². The van der Waals surface area contributed by atoms with Crippen LogP contribution >= 0.6 is 23.4 Å². The summed E-state index contributed by atoms with van der Waals surface area (Å²) in [6.07, 6.45) is 0.288. The molecule has 0 radical (unpaired) electrons. The quantitative estimate of drug-likeness (QED) is 0.509. The van der Waals surface area contributed by atoms with E-state index >= 15 is 0 Å². The van der Waals surface area contributed by atoms with E-state index in [9.17, 15) is 14.0 Å². The lowest BCUT2D eigenvalue weighted by Gasteiger charge is -2.29. The van der Waals surface area contributed by atoms with Crippen molar-refractivity contribution in [3.8, 4) is 0 Å². The van der Waals surface area contributed by atoms with Crippen LogP contribution in [0.5, 0.6) is 0 Å². The van der Waals surface area contributed by atoms with E-state index in [1.807, 2.05) is 38.1 Å². The first-order valence-corrected chi connectivity index (χ1v) is 11.3. The summed E-state index contributed by atoms with van der Waals surface area (Å²) in [6.45, 7) is 6.55. The Hall–Kier alpha value is -2.05. The van der Waals surface area contributed by atoms with Crippen LogP contribution < -0.4 is 5.32 Å². The molecule has 162 valence electrons. The third-order valence-electron chi connectivity index (χ3n) is 4.52. The number of carbonyl (C=O) groups excluding carboxylic acids is 2. The third-order valence-corrected chi connectivity index (χ3v) is 5.78. The molecule has 0 aliphatic rings. The van der Waals surface area contributed by atoms with E-state index in [1.54, 1.807) is 35.7 Å². The van der Waals surface area contributed by atoms with Gasteiger partial charge >= 0.3 is 0 Å². The maximum absolute atomic E-state index is 13.2. The van der Waals surface area contributed by atoms with Gasteiger partial charge in [0.1, 0.15) is 11.9 Å².